The van der Waals surface area contributed by atoms with Crippen LogP contribution in [-0.4, -0.2) is 0 Å². The minimum Gasteiger partial charge on any atom is -0.0945 e. The molecule has 1 fully saturated rings. The fraction of sp³-hybridized carbons (Fsp3) is 0.333. The predicted octanol–water partition coefficient (Wildman–Crippen LogP) is 3.41. The third-order valence-corrected chi connectivity index (χ3v) is 2.41. The Morgan fingerprint density at radius 1 is 1.38 bits per heavy atom. The molecule has 1 saturated carbocycles. The number of benzene rings is 1. The van der Waals surface area contributed by atoms with Gasteiger partial charge in [-0.25, -0.2) is 0 Å². The van der Waals surface area contributed by atoms with E-state index in [1.54, 1.807) is 0 Å². The van der Waals surface area contributed by atoms with Gasteiger partial charge in [0.05, 0.1) is 0 Å². The average molecular weight is 191 g/mol. The van der Waals surface area contributed by atoms with Crippen molar-refractivity contribution >= 4 is 11.6 Å². The quantitative estimate of drug-likeness (QED) is 0.550. The molecule has 1 aromatic rings. The van der Waals surface area contributed by atoms with Gasteiger partial charge in [-0.3, -0.25) is 0 Å². The van der Waals surface area contributed by atoms with Gasteiger partial charge in [0, 0.05) is 16.5 Å². The zero-order chi connectivity index (χ0) is 9.26. The highest BCUT2D eigenvalue weighted by atomic mass is 35.5. The van der Waals surface area contributed by atoms with E-state index in [1.807, 2.05) is 25.1 Å². The summed E-state index contributed by atoms with van der Waals surface area (Å²) in [6.07, 6.45) is 2.55. The second-order valence-electron chi connectivity index (χ2n) is 3.50. The Morgan fingerprint density at radius 2 is 2.15 bits per heavy atom. The maximum atomic E-state index is 5.84. The molecule has 0 aliphatic heterocycles. The fourth-order valence-corrected chi connectivity index (χ4v) is 1.40. The van der Waals surface area contributed by atoms with Crippen molar-refractivity contribution in [1.82, 2.24) is 0 Å². The monoisotopic (exact) mass is 190 g/mol. The molecule has 0 nitrogen and oxygen atoms in total. The molecule has 0 bridgehead atoms. The first-order valence-electron chi connectivity index (χ1n) is 4.53. The normalized spacial score (nSPS) is 14.9. The standard InChI is InChI=1S/C12H11Cl/c1-9-8-12(13)7-6-11(9)5-4-10-2-3-10/h6-8,10H,2-3H2,1H3. The molecule has 1 aromatic carbocycles. The molecule has 0 heterocycles. The van der Waals surface area contributed by atoms with Gasteiger partial charge in [0.2, 0.25) is 0 Å². The lowest BCUT2D eigenvalue weighted by atomic mass is 10.1. The van der Waals surface area contributed by atoms with Gasteiger partial charge in [-0.15, -0.1) is 0 Å². The van der Waals surface area contributed by atoms with E-state index in [4.69, 9.17) is 11.6 Å². The van der Waals surface area contributed by atoms with Gasteiger partial charge in [-0.2, -0.15) is 0 Å². The molecule has 0 aromatic heterocycles. The molecule has 13 heavy (non-hydrogen) atoms. The Bertz CT molecular complexity index is 378. The van der Waals surface area contributed by atoms with Crippen LogP contribution in [0.25, 0.3) is 0 Å². The third kappa shape index (κ3) is 2.26. The Kier molecular flexibility index (Phi) is 2.29. The van der Waals surface area contributed by atoms with Gasteiger partial charge in [-0.05, 0) is 43.5 Å². The molecular weight excluding hydrogens is 180 g/mol. The maximum Gasteiger partial charge on any atom is 0.0409 e. The van der Waals surface area contributed by atoms with Crippen molar-refractivity contribution in [2.45, 2.75) is 19.8 Å². The van der Waals surface area contributed by atoms with Gasteiger partial charge >= 0.3 is 0 Å². The van der Waals surface area contributed by atoms with Crippen LogP contribution in [0.5, 0.6) is 0 Å². The SMILES string of the molecule is Cc1cc(Cl)ccc1C#CC1CC1. The van der Waals surface area contributed by atoms with Crippen molar-refractivity contribution < 1.29 is 0 Å². The van der Waals surface area contributed by atoms with E-state index in [0.717, 1.165) is 10.6 Å². The Morgan fingerprint density at radius 3 is 2.77 bits per heavy atom. The van der Waals surface area contributed by atoms with Crippen molar-refractivity contribution in [3.05, 3.63) is 34.3 Å². The van der Waals surface area contributed by atoms with Crippen molar-refractivity contribution in [2.24, 2.45) is 5.92 Å². The summed E-state index contributed by atoms with van der Waals surface area (Å²) in [5, 5.41) is 0.787. The summed E-state index contributed by atoms with van der Waals surface area (Å²) in [7, 11) is 0. The second-order valence-corrected chi connectivity index (χ2v) is 3.94. The fourth-order valence-electron chi connectivity index (χ4n) is 1.17. The minimum atomic E-state index is 0.662. The smallest absolute Gasteiger partial charge is 0.0409 e. The molecule has 0 saturated heterocycles. The summed E-state index contributed by atoms with van der Waals surface area (Å²) in [5.41, 5.74) is 2.27. The van der Waals surface area contributed by atoms with Crippen molar-refractivity contribution in [2.75, 3.05) is 0 Å². The number of hydrogen-bond donors (Lipinski definition) is 0. The van der Waals surface area contributed by atoms with Crippen LogP contribution in [0.3, 0.4) is 0 Å². The molecule has 0 N–H and O–H groups in total. The highest BCUT2D eigenvalue weighted by Gasteiger charge is 2.17. The predicted molar refractivity (Wildman–Crippen MR) is 55.8 cm³/mol. The van der Waals surface area contributed by atoms with Crippen molar-refractivity contribution in [3.8, 4) is 11.8 Å². The molecule has 0 unspecified atom stereocenters. The number of aryl methyl sites for hydroxylation is 1. The van der Waals surface area contributed by atoms with E-state index in [1.165, 1.54) is 18.4 Å². The number of halogens is 1. The Balaban J connectivity index is 2.25. The second kappa shape index (κ2) is 3.44. The third-order valence-electron chi connectivity index (χ3n) is 2.18. The first kappa shape index (κ1) is 8.66. The van der Waals surface area contributed by atoms with Crippen LogP contribution in [0, 0.1) is 24.7 Å². The Labute approximate surface area is 83.9 Å². The molecule has 0 amide bonds. The topological polar surface area (TPSA) is 0 Å². The maximum absolute atomic E-state index is 5.84. The molecule has 2 rings (SSSR count). The summed E-state index contributed by atoms with van der Waals surface area (Å²) in [5.74, 6) is 7.10. The van der Waals surface area contributed by atoms with Crippen LogP contribution in [0.2, 0.25) is 5.02 Å². The molecule has 0 radical (unpaired) electrons. The van der Waals surface area contributed by atoms with Crippen LogP contribution >= 0.6 is 11.6 Å². The zero-order valence-electron chi connectivity index (χ0n) is 7.60. The number of hydrogen-bond acceptors (Lipinski definition) is 0. The molecule has 66 valence electrons. The first-order valence-corrected chi connectivity index (χ1v) is 4.91. The van der Waals surface area contributed by atoms with E-state index in [9.17, 15) is 0 Å². The van der Waals surface area contributed by atoms with Crippen molar-refractivity contribution in [1.29, 1.82) is 0 Å². The van der Waals surface area contributed by atoms with E-state index in [2.05, 4.69) is 11.8 Å². The van der Waals surface area contributed by atoms with Crippen LogP contribution in [0.15, 0.2) is 18.2 Å². The van der Waals surface area contributed by atoms with Crippen LogP contribution in [0.1, 0.15) is 24.0 Å². The number of rotatable bonds is 0. The highest BCUT2D eigenvalue weighted by molar-refractivity contribution is 6.30. The van der Waals surface area contributed by atoms with E-state index in [0.29, 0.717) is 5.92 Å². The lowest BCUT2D eigenvalue weighted by Crippen LogP contribution is -1.81. The minimum absolute atomic E-state index is 0.662. The zero-order valence-corrected chi connectivity index (χ0v) is 8.36. The lowest BCUT2D eigenvalue weighted by Gasteiger charge is -1.97. The lowest BCUT2D eigenvalue weighted by molar-refractivity contribution is 1.18. The molecule has 1 aliphatic rings. The van der Waals surface area contributed by atoms with Gasteiger partial charge in [-0.1, -0.05) is 23.4 Å². The summed E-state index contributed by atoms with van der Waals surface area (Å²) in [4.78, 5) is 0. The molecule has 0 spiro atoms. The summed E-state index contributed by atoms with van der Waals surface area (Å²) in [6, 6.07) is 5.84. The molecule has 1 aliphatic carbocycles. The van der Waals surface area contributed by atoms with Gasteiger partial charge < -0.3 is 0 Å². The summed E-state index contributed by atoms with van der Waals surface area (Å²) in [6.45, 7) is 2.04. The molecular formula is C12H11Cl. The largest absolute Gasteiger partial charge is 0.0945 e. The van der Waals surface area contributed by atoms with Gasteiger partial charge in [0.25, 0.3) is 0 Å². The highest BCUT2D eigenvalue weighted by Crippen LogP contribution is 2.27. The van der Waals surface area contributed by atoms with Gasteiger partial charge in [0.15, 0.2) is 0 Å². The van der Waals surface area contributed by atoms with Crippen molar-refractivity contribution in [3.63, 3.8) is 0 Å². The van der Waals surface area contributed by atoms with Crippen LogP contribution < -0.4 is 0 Å². The van der Waals surface area contributed by atoms with Crippen LogP contribution in [0.4, 0.5) is 0 Å². The summed E-state index contributed by atoms with van der Waals surface area (Å²) >= 11 is 5.84. The van der Waals surface area contributed by atoms with Gasteiger partial charge in [0.1, 0.15) is 0 Å². The Hall–Kier alpha value is -0.930. The van der Waals surface area contributed by atoms with Crippen LogP contribution in [-0.2, 0) is 0 Å². The van der Waals surface area contributed by atoms with E-state index < -0.39 is 0 Å². The molecule has 0 atom stereocenters. The van der Waals surface area contributed by atoms with E-state index in [-0.39, 0.29) is 0 Å². The average Bonchev–Trinajstić information content (AvgIpc) is 2.86. The summed E-state index contributed by atoms with van der Waals surface area (Å²) < 4.78 is 0. The molecule has 1 heteroatoms. The first-order chi connectivity index (χ1) is 6.25. The van der Waals surface area contributed by atoms with E-state index >= 15 is 0 Å².